The van der Waals surface area contributed by atoms with Gasteiger partial charge in [0.2, 0.25) is 0 Å². The zero-order valence-electron chi connectivity index (χ0n) is 18.6. The minimum absolute atomic E-state index is 0.0953. The molecule has 1 heterocycles. The molecule has 0 aromatic carbocycles. The van der Waals surface area contributed by atoms with Gasteiger partial charge >= 0.3 is 5.97 Å². The van der Waals surface area contributed by atoms with E-state index in [2.05, 4.69) is 50.4 Å². The standard InChI is InChI=1S/C24H33NO3S/c1-8-16-28-24(9-2)14-10-18(11-15-24)25(6)20-17-19(12-13-23(3,4)5)29-21(20)22(26)27-7/h2,17-18H,8,10-11,14-16H2,1,3-7H3. The predicted octanol–water partition coefficient (Wildman–Crippen LogP) is 5.11. The number of rotatable bonds is 6. The van der Waals surface area contributed by atoms with E-state index in [-0.39, 0.29) is 11.4 Å². The molecule has 0 bridgehead atoms. The number of hydrogen-bond acceptors (Lipinski definition) is 5. The molecule has 0 aliphatic heterocycles. The molecule has 1 fully saturated rings. The minimum atomic E-state index is -0.448. The average Bonchev–Trinajstić information content (AvgIpc) is 3.14. The molecule has 0 atom stereocenters. The Labute approximate surface area is 180 Å². The Hall–Kier alpha value is -1.95. The maximum Gasteiger partial charge on any atom is 0.350 e. The number of hydrogen-bond donors (Lipinski definition) is 0. The first-order valence-corrected chi connectivity index (χ1v) is 11.1. The number of anilines is 1. The highest BCUT2D eigenvalue weighted by molar-refractivity contribution is 7.15. The summed E-state index contributed by atoms with van der Waals surface area (Å²) in [6, 6.07) is 2.30. The van der Waals surface area contributed by atoms with Gasteiger partial charge in [0.25, 0.3) is 0 Å². The third kappa shape index (κ3) is 6.01. The van der Waals surface area contributed by atoms with Crippen molar-refractivity contribution < 1.29 is 14.3 Å². The highest BCUT2D eigenvalue weighted by Gasteiger charge is 2.36. The van der Waals surface area contributed by atoms with Crippen molar-refractivity contribution in [3.63, 3.8) is 0 Å². The van der Waals surface area contributed by atoms with Crippen molar-refractivity contribution in [3.8, 4) is 24.2 Å². The molecule has 1 aliphatic carbocycles. The molecular weight excluding hydrogens is 382 g/mol. The second-order valence-corrected chi connectivity index (χ2v) is 9.70. The summed E-state index contributed by atoms with van der Waals surface area (Å²) >= 11 is 1.39. The quantitative estimate of drug-likeness (QED) is 0.478. The molecule has 1 saturated carbocycles. The Morgan fingerprint density at radius 3 is 2.55 bits per heavy atom. The van der Waals surface area contributed by atoms with Crippen LogP contribution >= 0.6 is 11.3 Å². The smallest absolute Gasteiger partial charge is 0.350 e. The van der Waals surface area contributed by atoms with Crippen LogP contribution in [0.5, 0.6) is 0 Å². The Kier molecular flexibility index (Phi) is 7.80. The fraction of sp³-hybridized carbons (Fsp3) is 0.625. The second kappa shape index (κ2) is 9.70. The molecule has 1 aromatic rings. The van der Waals surface area contributed by atoms with Gasteiger partial charge in [0.05, 0.1) is 17.7 Å². The lowest BCUT2D eigenvalue weighted by Crippen LogP contribution is -2.43. The van der Waals surface area contributed by atoms with Crippen molar-refractivity contribution in [2.75, 3.05) is 25.7 Å². The van der Waals surface area contributed by atoms with Crippen LogP contribution in [-0.4, -0.2) is 38.4 Å². The van der Waals surface area contributed by atoms with Crippen LogP contribution in [0.25, 0.3) is 0 Å². The minimum Gasteiger partial charge on any atom is -0.465 e. The van der Waals surface area contributed by atoms with Crippen molar-refractivity contribution in [1.29, 1.82) is 0 Å². The number of esters is 1. The van der Waals surface area contributed by atoms with E-state index in [4.69, 9.17) is 15.9 Å². The summed E-state index contributed by atoms with van der Waals surface area (Å²) < 4.78 is 11.0. The van der Waals surface area contributed by atoms with Crippen LogP contribution in [-0.2, 0) is 9.47 Å². The Morgan fingerprint density at radius 1 is 1.38 bits per heavy atom. The van der Waals surface area contributed by atoms with Gasteiger partial charge in [0.15, 0.2) is 0 Å². The molecule has 0 spiro atoms. The fourth-order valence-electron chi connectivity index (χ4n) is 3.47. The monoisotopic (exact) mass is 415 g/mol. The SMILES string of the molecule is C#CC1(OCCC)CCC(N(C)c2cc(C#CC(C)(C)C)sc2C(=O)OC)CC1. The van der Waals surface area contributed by atoms with Gasteiger partial charge in [-0.15, -0.1) is 17.8 Å². The Balaban J connectivity index is 2.22. The first-order valence-electron chi connectivity index (χ1n) is 10.2. The molecule has 0 radical (unpaired) electrons. The van der Waals surface area contributed by atoms with Crippen molar-refractivity contribution >= 4 is 23.0 Å². The number of terminal acetylenes is 1. The molecule has 5 heteroatoms. The summed E-state index contributed by atoms with van der Waals surface area (Å²) in [5, 5.41) is 0. The molecule has 0 saturated heterocycles. The normalized spacial score (nSPS) is 21.6. The third-order valence-electron chi connectivity index (χ3n) is 5.18. The van der Waals surface area contributed by atoms with Crippen molar-refractivity contribution in [3.05, 3.63) is 15.8 Å². The lowest BCUT2D eigenvalue weighted by atomic mass is 9.82. The molecule has 4 nitrogen and oxygen atoms in total. The van der Waals surface area contributed by atoms with E-state index in [1.54, 1.807) is 0 Å². The summed E-state index contributed by atoms with van der Waals surface area (Å²) in [5.74, 6) is 9.03. The van der Waals surface area contributed by atoms with Gasteiger partial charge < -0.3 is 14.4 Å². The summed E-state index contributed by atoms with van der Waals surface area (Å²) in [6.45, 7) is 9.00. The molecule has 1 aliphatic rings. The molecular formula is C24H33NO3S. The fourth-order valence-corrected chi connectivity index (χ4v) is 4.44. The number of ether oxygens (including phenoxy) is 2. The maximum absolute atomic E-state index is 12.4. The molecule has 2 rings (SSSR count). The summed E-state index contributed by atoms with van der Waals surface area (Å²) in [7, 11) is 3.45. The molecule has 158 valence electrons. The number of carbonyl (C=O) groups is 1. The van der Waals surface area contributed by atoms with E-state index in [9.17, 15) is 4.79 Å². The summed E-state index contributed by atoms with van der Waals surface area (Å²) in [5.41, 5.74) is 0.339. The summed E-state index contributed by atoms with van der Waals surface area (Å²) in [6.07, 6.45) is 10.3. The van der Waals surface area contributed by atoms with Gasteiger partial charge in [-0.05, 0) is 58.9 Å². The molecule has 0 amide bonds. The number of nitrogens with zero attached hydrogens (tertiary/aromatic N) is 1. The van der Waals surface area contributed by atoms with E-state index in [0.29, 0.717) is 17.5 Å². The molecule has 1 aromatic heterocycles. The van der Waals surface area contributed by atoms with Gasteiger partial charge in [-0.3, -0.25) is 0 Å². The van der Waals surface area contributed by atoms with Gasteiger partial charge in [-0.2, -0.15) is 0 Å². The van der Waals surface area contributed by atoms with Crippen LogP contribution in [0, 0.1) is 29.6 Å². The lowest BCUT2D eigenvalue weighted by Gasteiger charge is -2.40. The second-order valence-electron chi connectivity index (χ2n) is 8.65. The van der Waals surface area contributed by atoms with E-state index >= 15 is 0 Å². The Bertz CT molecular complexity index is 808. The van der Waals surface area contributed by atoms with Crippen LogP contribution in [0.1, 0.15) is 74.3 Å². The van der Waals surface area contributed by atoms with E-state index < -0.39 is 5.60 Å². The predicted molar refractivity (Wildman–Crippen MR) is 120 cm³/mol. The van der Waals surface area contributed by atoms with Crippen molar-refractivity contribution in [1.82, 2.24) is 0 Å². The van der Waals surface area contributed by atoms with Crippen LogP contribution in [0.15, 0.2) is 6.07 Å². The topological polar surface area (TPSA) is 38.8 Å². The van der Waals surface area contributed by atoms with Gasteiger partial charge in [-0.25, -0.2) is 4.79 Å². The number of methoxy groups -OCH3 is 1. The lowest BCUT2D eigenvalue weighted by molar-refractivity contribution is -0.0285. The third-order valence-corrected chi connectivity index (χ3v) is 6.20. The van der Waals surface area contributed by atoms with E-state index in [1.165, 1.54) is 18.4 Å². The zero-order chi connectivity index (χ0) is 21.7. The van der Waals surface area contributed by atoms with Crippen LogP contribution in [0.4, 0.5) is 5.69 Å². The van der Waals surface area contributed by atoms with Gasteiger partial charge in [0, 0.05) is 25.1 Å². The van der Waals surface area contributed by atoms with Gasteiger partial charge in [-0.1, -0.05) is 24.7 Å². The maximum atomic E-state index is 12.4. The molecule has 0 N–H and O–H groups in total. The molecule has 0 unspecified atom stereocenters. The zero-order valence-corrected chi connectivity index (χ0v) is 19.4. The van der Waals surface area contributed by atoms with Crippen molar-refractivity contribution in [2.24, 2.45) is 5.41 Å². The first-order chi connectivity index (χ1) is 13.6. The Morgan fingerprint density at radius 2 is 2.03 bits per heavy atom. The number of carbonyl (C=O) groups excluding carboxylic acids is 1. The van der Waals surface area contributed by atoms with Crippen LogP contribution in [0.2, 0.25) is 0 Å². The van der Waals surface area contributed by atoms with Crippen LogP contribution < -0.4 is 4.90 Å². The highest BCUT2D eigenvalue weighted by atomic mass is 32.1. The van der Waals surface area contributed by atoms with E-state index in [0.717, 1.165) is 42.7 Å². The number of thiophene rings is 1. The summed E-state index contributed by atoms with van der Waals surface area (Å²) in [4.78, 5) is 16.0. The first kappa shape index (κ1) is 23.3. The van der Waals surface area contributed by atoms with Crippen molar-refractivity contribution in [2.45, 2.75) is 71.4 Å². The van der Waals surface area contributed by atoms with Gasteiger partial charge in [0.1, 0.15) is 10.5 Å². The van der Waals surface area contributed by atoms with Crippen LogP contribution in [0.3, 0.4) is 0 Å². The molecule has 29 heavy (non-hydrogen) atoms. The largest absolute Gasteiger partial charge is 0.465 e. The highest BCUT2D eigenvalue weighted by Crippen LogP contribution is 2.38. The van der Waals surface area contributed by atoms with E-state index in [1.807, 2.05) is 13.1 Å². The average molecular weight is 416 g/mol.